The molecule has 0 radical (unpaired) electrons. The molecule has 1 unspecified atom stereocenters. The van der Waals surface area contributed by atoms with E-state index < -0.39 is 21.6 Å². The monoisotopic (exact) mass is 287 g/mol. The van der Waals surface area contributed by atoms with Crippen LogP contribution >= 0.6 is 0 Å². The van der Waals surface area contributed by atoms with E-state index in [2.05, 4.69) is 4.72 Å². The van der Waals surface area contributed by atoms with Crippen molar-refractivity contribution in [2.75, 3.05) is 6.54 Å². The van der Waals surface area contributed by atoms with Crippen molar-refractivity contribution in [3.8, 4) is 0 Å². The van der Waals surface area contributed by atoms with E-state index in [9.17, 15) is 18.3 Å². The normalized spacial score (nSPS) is 14.9. The van der Waals surface area contributed by atoms with Crippen molar-refractivity contribution >= 4 is 16.0 Å². The Bertz CT molecular complexity index is 548. The lowest BCUT2D eigenvalue weighted by atomic mass is 10.1. The van der Waals surface area contributed by atoms with Crippen molar-refractivity contribution in [1.82, 2.24) is 4.72 Å². The van der Waals surface area contributed by atoms with Gasteiger partial charge in [-0.2, -0.15) is 0 Å². The van der Waals surface area contributed by atoms with Gasteiger partial charge in [0, 0.05) is 6.54 Å². The molecule has 0 fully saturated rings. The number of rotatable bonds is 6. The lowest BCUT2D eigenvalue weighted by molar-refractivity contribution is 0.0613. The van der Waals surface area contributed by atoms with Crippen molar-refractivity contribution in [3.05, 3.63) is 29.8 Å². The molecule has 0 amide bonds. The molecule has 0 aliphatic carbocycles. The van der Waals surface area contributed by atoms with Gasteiger partial charge in [0.05, 0.1) is 16.1 Å². The second-order valence-corrected chi connectivity index (χ2v) is 6.27. The van der Waals surface area contributed by atoms with Gasteiger partial charge in [0.1, 0.15) is 0 Å². The van der Waals surface area contributed by atoms with Crippen LogP contribution in [0.1, 0.15) is 30.6 Å². The first-order chi connectivity index (χ1) is 8.68. The number of carboxylic acid groups (broad SMARTS) is 1. The van der Waals surface area contributed by atoms with Crippen molar-refractivity contribution in [3.63, 3.8) is 0 Å². The van der Waals surface area contributed by atoms with Crippen molar-refractivity contribution in [1.29, 1.82) is 0 Å². The molecule has 0 aromatic heterocycles. The smallest absolute Gasteiger partial charge is 0.335 e. The van der Waals surface area contributed by atoms with Crippen LogP contribution in [-0.4, -0.2) is 36.7 Å². The van der Waals surface area contributed by atoms with Crippen LogP contribution in [0.2, 0.25) is 0 Å². The minimum absolute atomic E-state index is 0.0134. The summed E-state index contributed by atoms with van der Waals surface area (Å²) in [4.78, 5) is 10.6. The molecule has 3 N–H and O–H groups in total. The second-order valence-electron chi connectivity index (χ2n) is 4.50. The zero-order chi connectivity index (χ0) is 14.7. The van der Waals surface area contributed by atoms with E-state index >= 15 is 0 Å². The van der Waals surface area contributed by atoms with E-state index in [1.807, 2.05) is 0 Å². The van der Waals surface area contributed by atoms with Gasteiger partial charge in [-0.15, -0.1) is 0 Å². The zero-order valence-electron chi connectivity index (χ0n) is 10.8. The van der Waals surface area contributed by atoms with E-state index in [1.165, 1.54) is 31.2 Å². The van der Waals surface area contributed by atoms with E-state index in [1.54, 1.807) is 6.92 Å². The fraction of sp³-hybridized carbons (Fsp3) is 0.417. The van der Waals surface area contributed by atoms with Crippen LogP contribution in [-0.2, 0) is 10.0 Å². The van der Waals surface area contributed by atoms with Crippen molar-refractivity contribution in [2.45, 2.75) is 30.8 Å². The third kappa shape index (κ3) is 4.30. The van der Waals surface area contributed by atoms with Gasteiger partial charge >= 0.3 is 5.97 Å². The van der Waals surface area contributed by atoms with Crippen LogP contribution in [0, 0.1) is 0 Å². The molecule has 0 spiro atoms. The van der Waals surface area contributed by atoms with Crippen LogP contribution in [0.3, 0.4) is 0 Å². The molecule has 19 heavy (non-hydrogen) atoms. The van der Waals surface area contributed by atoms with Crippen LogP contribution < -0.4 is 4.72 Å². The predicted molar refractivity (Wildman–Crippen MR) is 69.5 cm³/mol. The Balaban J connectivity index is 2.86. The maximum atomic E-state index is 11.9. The largest absolute Gasteiger partial charge is 0.478 e. The Kier molecular flexibility index (Phi) is 4.67. The predicted octanol–water partition coefficient (Wildman–Crippen LogP) is 0.824. The molecule has 0 bridgehead atoms. The Hall–Kier alpha value is -1.44. The minimum Gasteiger partial charge on any atom is -0.478 e. The number of benzene rings is 1. The molecule has 0 heterocycles. The van der Waals surface area contributed by atoms with Gasteiger partial charge in [-0.1, -0.05) is 6.92 Å². The number of sulfonamides is 1. The van der Waals surface area contributed by atoms with Gasteiger partial charge < -0.3 is 10.2 Å². The molecule has 106 valence electrons. The van der Waals surface area contributed by atoms with E-state index in [0.29, 0.717) is 6.42 Å². The summed E-state index contributed by atoms with van der Waals surface area (Å²) in [6.07, 6.45) is 0.410. The lowest BCUT2D eigenvalue weighted by Gasteiger charge is -2.21. The first-order valence-electron chi connectivity index (χ1n) is 5.73. The number of aliphatic hydroxyl groups is 1. The Labute approximate surface area is 112 Å². The van der Waals surface area contributed by atoms with Gasteiger partial charge in [-0.3, -0.25) is 0 Å². The highest BCUT2D eigenvalue weighted by molar-refractivity contribution is 7.89. The van der Waals surface area contributed by atoms with Gasteiger partial charge in [0.25, 0.3) is 0 Å². The zero-order valence-corrected chi connectivity index (χ0v) is 11.6. The molecule has 0 aliphatic rings. The maximum absolute atomic E-state index is 11.9. The third-order valence-electron chi connectivity index (χ3n) is 2.82. The number of carbonyl (C=O) groups is 1. The first-order valence-corrected chi connectivity index (χ1v) is 7.22. The van der Waals surface area contributed by atoms with E-state index in [0.717, 1.165) is 0 Å². The van der Waals surface area contributed by atoms with Crippen molar-refractivity contribution < 1.29 is 23.4 Å². The van der Waals surface area contributed by atoms with Crippen LogP contribution in [0.15, 0.2) is 29.2 Å². The Morgan fingerprint density at radius 1 is 1.32 bits per heavy atom. The molecule has 1 aromatic carbocycles. The second kappa shape index (κ2) is 5.68. The minimum atomic E-state index is -3.75. The number of hydrogen-bond donors (Lipinski definition) is 3. The fourth-order valence-electron chi connectivity index (χ4n) is 1.24. The molecule has 1 aromatic rings. The Morgan fingerprint density at radius 2 is 1.84 bits per heavy atom. The molecule has 1 atom stereocenters. The number of aromatic carboxylic acids is 1. The highest BCUT2D eigenvalue weighted by atomic mass is 32.2. The van der Waals surface area contributed by atoms with Gasteiger partial charge in [-0.05, 0) is 37.6 Å². The van der Waals surface area contributed by atoms with E-state index in [-0.39, 0.29) is 17.0 Å². The summed E-state index contributed by atoms with van der Waals surface area (Å²) < 4.78 is 26.1. The van der Waals surface area contributed by atoms with Gasteiger partial charge in [0.15, 0.2) is 0 Å². The summed E-state index contributed by atoms with van der Waals surface area (Å²) in [5, 5.41) is 18.5. The summed E-state index contributed by atoms with van der Waals surface area (Å²) in [6.45, 7) is 3.17. The third-order valence-corrected chi connectivity index (χ3v) is 4.23. The first kappa shape index (κ1) is 15.6. The van der Waals surface area contributed by atoms with Crippen LogP contribution in [0.5, 0.6) is 0 Å². The molecular weight excluding hydrogens is 270 g/mol. The summed E-state index contributed by atoms with van der Waals surface area (Å²) in [5.74, 6) is -1.12. The summed E-state index contributed by atoms with van der Waals surface area (Å²) >= 11 is 0. The van der Waals surface area contributed by atoms with Gasteiger partial charge in [-0.25, -0.2) is 17.9 Å². The topological polar surface area (TPSA) is 104 Å². The Morgan fingerprint density at radius 3 is 2.26 bits per heavy atom. The summed E-state index contributed by atoms with van der Waals surface area (Å²) in [5.41, 5.74) is -1.10. The molecule has 1 rings (SSSR count). The summed E-state index contributed by atoms with van der Waals surface area (Å²) in [6, 6.07) is 4.86. The van der Waals surface area contributed by atoms with Crippen LogP contribution in [0.4, 0.5) is 0 Å². The molecular formula is C12H17NO5S. The molecule has 0 saturated carbocycles. The quantitative estimate of drug-likeness (QED) is 0.718. The standard InChI is InChI=1S/C12H17NO5S/c1-3-12(2,16)8-13-19(17,18)10-6-4-9(5-7-10)11(14)15/h4-7,13,16H,3,8H2,1-2H3,(H,14,15). The average Bonchev–Trinajstić information content (AvgIpc) is 2.37. The molecule has 0 aliphatic heterocycles. The van der Waals surface area contributed by atoms with E-state index in [4.69, 9.17) is 5.11 Å². The maximum Gasteiger partial charge on any atom is 0.335 e. The number of nitrogens with one attached hydrogen (secondary N) is 1. The number of carboxylic acids is 1. The van der Waals surface area contributed by atoms with Crippen molar-refractivity contribution in [2.24, 2.45) is 0 Å². The number of hydrogen-bond acceptors (Lipinski definition) is 4. The SMILES string of the molecule is CCC(C)(O)CNS(=O)(=O)c1ccc(C(=O)O)cc1. The molecule has 6 nitrogen and oxygen atoms in total. The van der Waals surface area contributed by atoms with Gasteiger partial charge in [0.2, 0.25) is 10.0 Å². The molecule has 0 saturated heterocycles. The fourth-order valence-corrected chi connectivity index (χ4v) is 2.40. The molecule has 7 heteroatoms. The summed E-state index contributed by atoms with van der Waals surface area (Å²) in [7, 11) is -3.75. The highest BCUT2D eigenvalue weighted by Crippen LogP contribution is 2.13. The highest BCUT2D eigenvalue weighted by Gasteiger charge is 2.22. The lowest BCUT2D eigenvalue weighted by Crippen LogP contribution is -2.40. The van der Waals surface area contributed by atoms with Crippen LogP contribution in [0.25, 0.3) is 0 Å². The average molecular weight is 287 g/mol.